The van der Waals surface area contributed by atoms with Crippen LogP contribution in [-0.2, 0) is 20.9 Å². The van der Waals surface area contributed by atoms with Crippen LogP contribution in [0.4, 0.5) is 5.69 Å². The van der Waals surface area contributed by atoms with E-state index in [-0.39, 0.29) is 30.0 Å². The number of nitrogens with one attached hydrogen (secondary N) is 2. The standard InChI is InChI=1S/C23H24N6O5/c30-13-27-8-6-15(7-9-27)28-12-14(11-25-28)10-24-17-3-1-2-16-20(17)23(34)29(22(16)33)18-4-5-19(31)26-21(18)32/h1-3,11-13,15,18,24H,4-10H2,(H,26,31,32). The monoisotopic (exact) mass is 464 g/mol. The zero-order valence-electron chi connectivity index (χ0n) is 18.4. The van der Waals surface area contributed by atoms with Crippen LogP contribution in [0.3, 0.4) is 0 Å². The highest BCUT2D eigenvalue weighted by atomic mass is 16.2. The maximum absolute atomic E-state index is 13.2. The number of aromatic nitrogens is 2. The lowest BCUT2D eigenvalue weighted by Crippen LogP contribution is -2.54. The molecule has 2 N–H and O–H groups in total. The predicted octanol–water partition coefficient (Wildman–Crippen LogP) is 0.690. The van der Waals surface area contributed by atoms with Crippen molar-refractivity contribution in [1.29, 1.82) is 0 Å². The predicted molar refractivity (Wildman–Crippen MR) is 119 cm³/mol. The highest BCUT2D eigenvalue weighted by Gasteiger charge is 2.45. The average molecular weight is 464 g/mol. The van der Waals surface area contributed by atoms with Crippen LogP contribution in [0.2, 0.25) is 0 Å². The molecular weight excluding hydrogens is 440 g/mol. The van der Waals surface area contributed by atoms with Crippen LogP contribution < -0.4 is 10.6 Å². The molecule has 0 bridgehead atoms. The van der Waals surface area contributed by atoms with Crippen molar-refractivity contribution < 1.29 is 24.0 Å². The molecule has 176 valence electrons. The second kappa shape index (κ2) is 8.73. The van der Waals surface area contributed by atoms with Crippen molar-refractivity contribution in [2.75, 3.05) is 18.4 Å². The van der Waals surface area contributed by atoms with Gasteiger partial charge in [-0.05, 0) is 31.4 Å². The Morgan fingerprint density at radius 1 is 1.09 bits per heavy atom. The number of hydrogen-bond acceptors (Lipinski definition) is 7. The number of fused-ring (bicyclic) bond motifs is 1. The van der Waals surface area contributed by atoms with Gasteiger partial charge in [-0.3, -0.25) is 38.9 Å². The molecule has 1 aromatic heterocycles. The summed E-state index contributed by atoms with van der Waals surface area (Å²) in [5, 5.41) is 9.88. The van der Waals surface area contributed by atoms with E-state index in [1.807, 2.05) is 10.9 Å². The van der Waals surface area contributed by atoms with Crippen molar-refractivity contribution in [2.24, 2.45) is 0 Å². The quantitative estimate of drug-likeness (QED) is 0.475. The minimum atomic E-state index is -0.998. The fourth-order valence-electron chi connectivity index (χ4n) is 4.78. The molecule has 11 heteroatoms. The third kappa shape index (κ3) is 3.82. The van der Waals surface area contributed by atoms with E-state index >= 15 is 0 Å². The van der Waals surface area contributed by atoms with Crippen LogP contribution in [0.25, 0.3) is 0 Å². The van der Waals surface area contributed by atoms with E-state index in [9.17, 15) is 24.0 Å². The number of carbonyl (C=O) groups is 5. The van der Waals surface area contributed by atoms with Crippen LogP contribution in [0, 0.1) is 0 Å². The van der Waals surface area contributed by atoms with E-state index in [0.717, 1.165) is 29.7 Å². The van der Waals surface area contributed by atoms with Crippen molar-refractivity contribution in [2.45, 2.75) is 44.3 Å². The Morgan fingerprint density at radius 3 is 2.62 bits per heavy atom. The summed E-state index contributed by atoms with van der Waals surface area (Å²) in [5.41, 5.74) is 1.87. The number of hydrogen-bond donors (Lipinski definition) is 2. The smallest absolute Gasteiger partial charge is 0.264 e. The Kier molecular flexibility index (Phi) is 5.60. The summed E-state index contributed by atoms with van der Waals surface area (Å²) in [6, 6.07) is 4.20. The lowest BCUT2D eigenvalue weighted by molar-refractivity contribution is -0.136. The molecule has 0 radical (unpaired) electrons. The Hall–Kier alpha value is -4.02. The Labute approximate surface area is 195 Å². The van der Waals surface area contributed by atoms with Crippen molar-refractivity contribution in [3.8, 4) is 0 Å². The summed E-state index contributed by atoms with van der Waals surface area (Å²) in [6.45, 7) is 1.80. The van der Waals surface area contributed by atoms with Gasteiger partial charge in [-0.1, -0.05) is 6.07 Å². The lowest BCUT2D eigenvalue weighted by atomic mass is 10.0. The molecule has 1 aromatic carbocycles. The molecule has 3 aliphatic rings. The summed E-state index contributed by atoms with van der Waals surface area (Å²) >= 11 is 0. The van der Waals surface area contributed by atoms with Crippen LogP contribution >= 0.6 is 0 Å². The molecule has 4 heterocycles. The normalized spacial score (nSPS) is 21.0. The summed E-state index contributed by atoms with van der Waals surface area (Å²) < 4.78 is 1.91. The first-order valence-electron chi connectivity index (χ1n) is 11.3. The number of likely N-dealkylation sites (tertiary alicyclic amines) is 1. The number of amides is 5. The zero-order valence-corrected chi connectivity index (χ0v) is 18.4. The topological polar surface area (TPSA) is 134 Å². The molecule has 5 rings (SSSR count). The van der Waals surface area contributed by atoms with Crippen molar-refractivity contribution in [3.63, 3.8) is 0 Å². The number of piperidine rings is 2. The van der Waals surface area contributed by atoms with Crippen molar-refractivity contribution >= 4 is 35.7 Å². The van der Waals surface area contributed by atoms with E-state index in [1.165, 1.54) is 0 Å². The van der Waals surface area contributed by atoms with Gasteiger partial charge < -0.3 is 10.2 Å². The average Bonchev–Trinajstić information content (AvgIpc) is 3.42. The molecule has 0 spiro atoms. The molecule has 2 fully saturated rings. The van der Waals surface area contributed by atoms with E-state index in [1.54, 1.807) is 29.3 Å². The first-order chi connectivity index (χ1) is 16.5. The fraction of sp³-hybridized carbons (Fsp3) is 0.391. The zero-order chi connectivity index (χ0) is 23.8. The minimum Gasteiger partial charge on any atom is -0.380 e. The van der Waals surface area contributed by atoms with Crippen LogP contribution in [0.5, 0.6) is 0 Å². The third-order valence-corrected chi connectivity index (χ3v) is 6.63. The van der Waals surface area contributed by atoms with Gasteiger partial charge in [0, 0.05) is 43.5 Å². The molecule has 3 aliphatic heterocycles. The van der Waals surface area contributed by atoms with Gasteiger partial charge in [0.1, 0.15) is 6.04 Å². The number of anilines is 1. The van der Waals surface area contributed by atoms with E-state index in [0.29, 0.717) is 25.3 Å². The fourth-order valence-corrected chi connectivity index (χ4v) is 4.78. The second-order valence-electron chi connectivity index (χ2n) is 8.73. The maximum Gasteiger partial charge on any atom is 0.264 e. The van der Waals surface area contributed by atoms with Crippen LogP contribution in [-0.4, -0.2) is 68.8 Å². The van der Waals surface area contributed by atoms with Crippen molar-refractivity contribution in [1.82, 2.24) is 24.9 Å². The van der Waals surface area contributed by atoms with Crippen LogP contribution in [0.15, 0.2) is 30.6 Å². The third-order valence-electron chi connectivity index (χ3n) is 6.63. The lowest BCUT2D eigenvalue weighted by Gasteiger charge is -2.29. The summed E-state index contributed by atoms with van der Waals surface area (Å²) in [5.74, 6) is -2.12. The summed E-state index contributed by atoms with van der Waals surface area (Å²) in [4.78, 5) is 63.5. The highest BCUT2D eigenvalue weighted by molar-refractivity contribution is 6.25. The van der Waals surface area contributed by atoms with Gasteiger partial charge in [0.15, 0.2) is 0 Å². The molecule has 34 heavy (non-hydrogen) atoms. The molecule has 0 aliphatic carbocycles. The number of nitrogens with zero attached hydrogens (tertiary/aromatic N) is 4. The summed E-state index contributed by atoms with van der Waals surface area (Å²) in [6.07, 6.45) is 6.45. The van der Waals surface area contributed by atoms with Gasteiger partial charge in [0.25, 0.3) is 11.8 Å². The molecule has 11 nitrogen and oxygen atoms in total. The first-order valence-corrected chi connectivity index (χ1v) is 11.3. The molecule has 1 atom stereocenters. The van der Waals surface area contributed by atoms with Gasteiger partial charge in [-0.15, -0.1) is 0 Å². The number of carbonyl (C=O) groups excluding carboxylic acids is 5. The maximum atomic E-state index is 13.2. The van der Waals surface area contributed by atoms with Gasteiger partial charge in [-0.25, -0.2) is 0 Å². The Bertz CT molecular complexity index is 1180. The molecule has 2 saturated heterocycles. The number of benzene rings is 1. The second-order valence-corrected chi connectivity index (χ2v) is 8.73. The van der Waals surface area contributed by atoms with Gasteiger partial charge in [0.2, 0.25) is 18.2 Å². The minimum absolute atomic E-state index is 0.0765. The number of rotatable bonds is 6. The largest absolute Gasteiger partial charge is 0.380 e. The Morgan fingerprint density at radius 2 is 1.88 bits per heavy atom. The van der Waals surface area contributed by atoms with Gasteiger partial charge in [0.05, 0.1) is 23.4 Å². The number of imide groups is 2. The molecular formula is C23H24N6O5. The summed E-state index contributed by atoms with van der Waals surface area (Å²) in [7, 11) is 0. The SMILES string of the molecule is O=CN1CCC(n2cc(CNc3cccc4c3C(=O)N(C3CCC(=O)NC3=O)C4=O)cn2)CC1. The van der Waals surface area contributed by atoms with Crippen LogP contribution in [0.1, 0.15) is 58.0 Å². The molecule has 5 amide bonds. The van der Waals surface area contributed by atoms with E-state index in [4.69, 9.17) is 0 Å². The highest BCUT2D eigenvalue weighted by Crippen LogP contribution is 2.32. The molecule has 0 saturated carbocycles. The molecule has 1 unspecified atom stereocenters. The van der Waals surface area contributed by atoms with Gasteiger partial charge >= 0.3 is 0 Å². The van der Waals surface area contributed by atoms with E-state index in [2.05, 4.69) is 15.7 Å². The Balaban J connectivity index is 1.29. The first kappa shape index (κ1) is 21.8. The van der Waals surface area contributed by atoms with Gasteiger partial charge in [-0.2, -0.15) is 5.10 Å². The van der Waals surface area contributed by atoms with E-state index < -0.39 is 29.7 Å². The van der Waals surface area contributed by atoms with Crippen molar-refractivity contribution in [3.05, 3.63) is 47.3 Å². The molecule has 2 aromatic rings.